The monoisotopic (exact) mass is 238 g/mol. The van der Waals surface area contributed by atoms with Crippen molar-refractivity contribution in [3.63, 3.8) is 0 Å². The molecule has 0 aliphatic rings. The maximum Gasteiger partial charge on any atom is 0.133 e. The van der Waals surface area contributed by atoms with Crippen molar-refractivity contribution in [1.82, 2.24) is 10.3 Å². The molecular formula is C11H14N2S2. The lowest BCUT2D eigenvalue weighted by Crippen LogP contribution is -2.12. The first kappa shape index (κ1) is 10.8. The summed E-state index contributed by atoms with van der Waals surface area (Å²) >= 11 is 3.49. The first-order valence-electron chi connectivity index (χ1n) is 4.89. The minimum atomic E-state index is 0.329. The highest BCUT2D eigenvalue weighted by Gasteiger charge is 2.11. The fraction of sp³-hybridized carbons (Fsp3) is 0.364. The Labute approximate surface area is 98.0 Å². The van der Waals surface area contributed by atoms with Crippen molar-refractivity contribution in [3.8, 4) is 9.88 Å². The Bertz CT molecular complexity index is 445. The van der Waals surface area contributed by atoms with Gasteiger partial charge in [-0.15, -0.1) is 22.7 Å². The average molecular weight is 238 g/mol. The third kappa shape index (κ3) is 2.12. The molecule has 80 valence electrons. The lowest BCUT2D eigenvalue weighted by Gasteiger charge is -2.04. The predicted octanol–water partition coefficient (Wildman–Crippen LogP) is 3.46. The van der Waals surface area contributed by atoms with E-state index in [2.05, 4.69) is 41.0 Å². The Hall–Kier alpha value is -0.710. The van der Waals surface area contributed by atoms with E-state index in [9.17, 15) is 0 Å². The summed E-state index contributed by atoms with van der Waals surface area (Å²) in [5.41, 5.74) is 2.45. The van der Waals surface area contributed by atoms with Crippen molar-refractivity contribution in [3.05, 3.63) is 28.1 Å². The third-order valence-corrected chi connectivity index (χ3v) is 4.49. The molecule has 15 heavy (non-hydrogen) atoms. The SMILES string of the molecule is CNC(C)c1csc(-c2sccc2C)n1. The van der Waals surface area contributed by atoms with E-state index in [-0.39, 0.29) is 0 Å². The molecule has 1 N–H and O–H groups in total. The van der Waals surface area contributed by atoms with Crippen molar-refractivity contribution in [2.45, 2.75) is 19.9 Å². The topological polar surface area (TPSA) is 24.9 Å². The second kappa shape index (κ2) is 4.43. The molecule has 0 spiro atoms. The van der Waals surface area contributed by atoms with Crippen LogP contribution in [0.25, 0.3) is 9.88 Å². The molecule has 2 aromatic heterocycles. The lowest BCUT2D eigenvalue weighted by molar-refractivity contribution is 0.637. The maximum absolute atomic E-state index is 4.65. The Morgan fingerprint density at radius 1 is 1.40 bits per heavy atom. The van der Waals surface area contributed by atoms with Gasteiger partial charge in [-0.2, -0.15) is 0 Å². The molecule has 2 heterocycles. The standard InChI is InChI=1S/C11H14N2S2/c1-7-4-5-14-10(7)11-13-9(6-15-11)8(2)12-3/h4-6,8,12H,1-3H3. The van der Waals surface area contributed by atoms with Gasteiger partial charge in [-0.05, 0) is 37.9 Å². The Morgan fingerprint density at radius 2 is 2.20 bits per heavy atom. The van der Waals surface area contributed by atoms with Crippen LogP contribution in [-0.4, -0.2) is 12.0 Å². The van der Waals surface area contributed by atoms with E-state index in [0.29, 0.717) is 6.04 Å². The van der Waals surface area contributed by atoms with E-state index in [1.807, 2.05) is 7.05 Å². The van der Waals surface area contributed by atoms with Gasteiger partial charge in [-0.25, -0.2) is 4.98 Å². The smallest absolute Gasteiger partial charge is 0.133 e. The van der Waals surface area contributed by atoms with Gasteiger partial charge in [-0.1, -0.05) is 0 Å². The van der Waals surface area contributed by atoms with E-state index in [1.54, 1.807) is 22.7 Å². The molecule has 1 atom stereocenters. The molecule has 0 amide bonds. The molecule has 1 unspecified atom stereocenters. The van der Waals surface area contributed by atoms with Crippen molar-refractivity contribution < 1.29 is 0 Å². The minimum Gasteiger partial charge on any atom is -0.312 e. The molecule has 2 rings (SSSR count). The van der Waals surface area contributed by atoms with Gasteiger partial charge >= 0.3 is 0 Å². The second-order valence-electron chi connectivity index (χ2n) is 3.52. The second-order valence-corrected chi connectivity index (χ2v) is 5.29. The van der Waals surface area contributed by atoms with Crippen LogP contribution < -0.4 is 5.32 Å². The van der Waals surface area contributed by atoms with Gasteiger partial charge in [-0.3, -0.25) is 0 Å². The normalized spacial score (nSPS) is 13.0. The summed E-state index contributed by atoms with van der Waals surface area (Å²) in [6.07, 6.45) is 0. The van der Waals surface area contributed by atoms with Crippen LogP contribution in [0.5, 0.6) is 0 Å². The van der Waals surface area contributed by atoms with Gasteiger partial charge in [0.1, 0.15) is 5.01 Å². The van der Waals surface area contributed by atoms with E-state index < -0.39 is 0 Å². The maximum atomic E-state index is 4.65. The third-order valence-electron chi connectivity index (χ3n) is 2.45. The van der Waals surface area contributed by atoms with Crippen molar-refractivity contribution in [2.24, 2.45) is 0 Å². The number of nitrogens with one attached hydrogen (secondary N) is 1. The van der Waals surface area contributed by atoms with Crippen LogP contribution in [-0.2, 0) is 0 Å². The number of hydrogen-bond donors (Lipinski definition) is 1. The summed E-state index contributed by atoms with van der Waals surface area (Å²) in [4.78, 5) is 5.95. The molecule has 2 nitrogen and oxygen atoms in total. The summed E-state index contributed by atoms with van der Waals surface area (Å²) < 4.78 is 0. The quantitative estimate of drug-likeness (QED) is 0.885. The number of nitrogens with zero attached hydrogens (tertiary/aromatic N) is 1. The molecule has 0 aliphatic carbocycles. The summed E-state index contributed by atoms with van der Waals surface area (Å²) in [5, 5.41) is 8.59. The van der Waals surface area contributed by atoms with E-state index in [0.717, 1.165) is 10.7 Å². The number of rotatable bonds is 3. The number of thiophene rings is 1. The molecule has 4 heteroatoms. The fourth-order valence-corrected chi connectivity index (χ4v) is 3.34. The molecule has 0 bridgehead atoms. The van der Waals surface area contributed by atoms with Gasteiger partial charge in [0.25, 0.3) is 0 Å². The zero-order valence-electron chi connectivity index (χ0n) is 9.07. The molecule has 0 radical (unpaired) electrons. The first-order chi connectivity index (χ1) is 7.22. The van der Waals surface area contributed by atoms with Gasteiger partial charge < -0.3 is 5.32 Å². The Kier molecular flexibility index (Phi) is 3.19. The highest BCUT2D eigenvalue weighted by molar-refractivity contribution is 7.20. The summed E-state index contributed by atoms with van der Waals surface area (Å²) in [6.45, 7) is 4.26. The van der Waals surface area contributed by atoms with Crippen LogP contribution in [0.2, 0.25) is 0 Å². The molecule has 0 fully saturated rings. The fourth-order valence-electron chi connectivity index (χ4n) is 1.33. The van der Waals surface area contributed by atoms with Gasteiger partial charge in [0.15, 0.2) is 0 Å². The van der Waals surface area contributed by atoms with Crippen LogP contribution >= 0.6 is 22.7 Å². The number of aromatic nitrogens is 1. The van der Waals surface area contributed by atoms with Crippen molar-refractivity contribution >= 4 is 22.7 Å². The van der Waals surface area contributed by atoms with Crippen LogP contribution in [0.4, 0.5) is 0 Å². The number of thiazole rings is 1. The predicted molar refractivity (Wildman–Crippen MR) is 67.6 cm³/mol. The van der Waals surface area contributed by atoms with Gasteiger partial charge in [0.05, 0.1) is 10.6 Å². The summed E-state index contributed by atoms with van der Waals surface area (Å²) in [7, 11) is 1.96. The summed E-state index contributed by atoms with van der Waals surface area (Å²) in [6, 6.07) is 2.47. The number of aryl methyl sites for hydroxylation is 1. The van der Waals surface area contributed by atoms with Gasteiger partial charge in [0, 0.05) is 11.4 Å². The first-order valence-corrected chi connectivity index (χ1v) is 6.65. The molecular weight excluding hydrogens is 224 g/mol. The largest absolute Gasteiger partial charge is 0.312 e. The zero-order valence-corrected chi connectivity index (χ0v) is 10.7. The number of hydrogen-bond acceptors (Lipinski definition) is 4. The van der Waals surface area contributed by atoms with Crippen LogP contribution in [0.1, 0.15) is 24.2 Å². The average Bonchev–Trinajstić information content (AvgIpc) is 2.84. The van der Waals surface area contributed by atoms with Crippen LogP contribution in [0.15, 0.2) is 16.8 Å². The summed E-state index contributed by atoms with van der Waals surface area (Å²) in [5.74, 6) is 0. The van der Waals surface area contributed by atoms with E-state index >= 15 is 0 Å². The minimum absolute atomic E-state index is 0.329. The zero-order chi connectivity index (χ0) is 10.8. The van der Waals surface area contributed by atoms with E-state index in [4.69, 9.17) is 0 Å². The van der Waals surface area contributed by atoms with Gasteiger partial charge in [0.2, 0.25) is 0 Å². The molecule has 0 aromatic carbocycles. The Balaban J connectivity index is 2.32. The lowest BCUT2D eigenvalue weighted by atomic mass is 10.2. The molecule has 2 aromatic rings. The highest BCUT2D eigenvalue weighted by Crippen LogP contribution is 2.32. The van der Waals surface area contributed by atoms with Crippen LogP contribution in [0, 0.1) is 6.92 Å². The van der Waals surface area contributed by atoms with Crippen molar-refractivity contribution in [2.75, 3.05) is 7.05 Å². The molecule has 0 saturated carbocycles. The highest BCUT2D eigenvalue weighted by atomic mass is 32.1. The molecule has 0 aliphatic heterocycles. The van der Waals surface area contributed by atoms with Crippen molar-refractivity contribution in [1.29, 1.82) is 0 Å². The molecule has 0 saturated heterocycles. The Morgan fingerprint density at radius 3 is 2.80 bits per heavy atom. The van der Waals surface area contributed by atoms with E-state index in [1.165, 1.54) is 10.4 Å². The van der Waals surface area contributed by atoms with Crippen LogP contribution in [0.3, 0.4) is 0 Å².